The number of carbonyl (C=O) groups is 1. The molecule has 0 fully saturated rings. The van der Waals surface area contributed by atoms with Gasteiger partial charge in [0, 0.05) is 19.4 Å². The highest BCUT2D eigenvalue weighted by molar-refractivity contribution is 5.77. The lowest BCUT2D eigenvalue weighted by atomic mass is 10.3. The van der Waals surface area contributed by atoms with Crippen molar-refractivity contribution < 1.29 is 4.79 Å². The topological polar surface area (TPSA) is 60.9 Å². The fourth-order valence-corrected chi connectivity index (χ4v) is 1.87. The number of aromatic nitrogens is 2. The average Bonchev–Trinajstić information content (AvgIpc) is 2.64. The fraction of sp³-hybridized carbons (Fsp3) is 0.333. The van der Waals surface area contributed by atoms with Crippen LogP contribution >= 0.6 is 0 Å². The standard InChI is InChI=1S/C12H15N3O/c1-2-12-14-9-5-3-4-6-10(9)15(12)8-7-11(13)16/h3-6H,2,7-8H2,1H3,(H2,13,16). The van der Waals surface area contributed by atoms with Gasteiger partial charge < -0.3 is 10.3 Å². The van der Waals surface area contributed by atoms with Crippen molar-refractivity contribution in [2.24, 2.45) is 5.73 Å². The van der Waals surface area contributed by atoms with Gasteiger partial charge in [-0.25, -0.2) is 4.98 Å². The van der Waals surface area contributed by atoms with E-state index in [1.165, 1.54) is 0 Å². The van der Waals surface area contributed by atoms with Gasteiger partial charge in [-0.05, 0) is 12.1 Å². The molecule has 0 aliphatic carbocycles. The number of para-hydroxylation sites is 2. The van der Waals surface area contributed by atoms with Crippen LogP contribution in [0.4, 0.5) is 0 Å². The third-order valence-electron chi connectivity index (χ3n) is 2.63. The van der Waals surface area contributed by atoms with Crippen molar-refractivity contribution in [3.63, 3.8) is 0 Å². The van der Waals surface area contributed by atoms with Gasteiger partial charge in [0.2, 0.25) is 5.91 Å². The maximum Gasteiger partial charge on any atom is 0.219 e. The van der Waals surface area contributed by atoms with Crippen molar-refractivity contribution in [1.29, 1.82) is 0 Å². The van der Waals surface area contributed by atoms with Gasteiger partial charge in [0.05, 0.1) is 11.0 Å². The minimum absolute atomic E-state index is 0.278. The second-order valence-corrected chi connectivity index (χ2v) is 3.74. The van der Waals surface area contributed by atoms with Crippen LogP contribution in [0.25, 0.3) is 11.0 Å². The fourth-order valence-electron chi connectivity index (χ4n) is 1.87. The molecule has 1 aromatic carbocycles. The Bertz CT molecular complexity index is 516. The highest BCUT2D eigenvalue weighted by Gasteiger charge is 2.08. The van der Waals surface area contributed by atoms with Crippen LogP contribution in [0.5, 0.6) is 0 Å². The monoisotopic (exact) mass is 217 g/mol. The van der Waals surface area contributed by atoms with E-state index in [1.807, 2.05) is 24.3 Å². The molecule has 0 bridgehead atoms. The predicted octanol–water partition coefficient (Wildman–Crippen LogP) is 1.47. The molecule has 4 nitrogen and oxygen atoms in total. The summed E-state index contributed by atoms with van der Waals surface area (Å²) in [6, 6.07) is 7.94. The Morgan fingerprint density at radius 1 is 1.44 bits per heavy atom. The number of primary amides is 1. The number of hydrogen-bond acceptors (Lipinski definition) is 2. The molecular formula is C12H15N3O. The van der Waals surface area contributed by atoms with Crippen LogP contribution in [0.15, 0.2) is 24.3 Å². The summed E-state index contributed by atoms with van der Waals surface area (Å²) in [4.78, 5) is 15.3. The van der Waals surface area contributed by atoms with Crippen molar-refractivity contribution in [1.82, 2.24) is 9.55 Å². The van der Waals surface area contributed by atoms with Crippen molar-refractivity contribution >= 4 is 16.9 Å². The number of nitrogens with zero attached hydrogens (tertiary/aromatic N) is 2. The lowest BCUT2D eigenvalue weighted by molar-refractivity contribution is -0.118. The first-order valence-corrected chi connectivity index (χ1v) is 5.45. The van der Waals surface area contributed by atoms with Gasteiger partial charge >= 0.3 is 0 Å². The van der Waals surface area contributed by atoms with E-state index in [1.54, 1.807) is 0 Å². The third kappa shape index (κ3) is 1.91. The van der Waals surface area contributed by atoms with E-state index in [9.17, 15) is 4.79 Å². The summed E-state index contributed by atoms with van der Waals surface area (Å²) >= 11 is 0. The summed E-state index contributed by atoms with van der Waals surface area (Å²) in [5, 5.41) is 0. The number of rotatable bonds is 4. The number of nitrogens with two attached hydrogens (primary N) is 1. The zero-order valence-electron chi connectivity index (χ0n) is 9.31. The number of benzene rings is 1. The van der Waals surface area contributed by atoms with Gasteiger partial charge in [-0.1, -0.05) is 19.1 Å². The average molecular weight is 217 g/mol. The number of carbonyl (C=O) groups excluding carboxylic acids is 1. The highest BCUT2D eigenvalue weighted by atomic mass is 16.1. The van der Waals surface area contributed by atoms with Gasteiger partial charge in [-0.2, -0.15) is 0 Å². The van der Waals surface area contributed by atoms with E-state index in [0.717, 1.165) is 23.3 Å². The summed E-state index contributed by atoms with van der Waals surface area (Å²) in [6.07, 6.45) is 1.21. The molecule has 0 aliphatic heterocycles. The largest absolute Gasteiger partial charge is 0.370 e. The first-order chi connectivity index (χ1) is 7.72. The lowest BCUT2D eigenvalue weighted by Crippen LogP contribution is -2.15. The van der Waals surface area contributed by atoms with E-state index < -0.39 is 0 Å². The summed E-state index contributed by atoms with van der Waals surface area (Å²) in [6.45, 7) is 2.67. The Hall–Kier alpha value is -1.84. The second kappa shape index (κ2) is 4.35. The SMILES string of the molecule is CCc1nc2ccccc2n1CCC(N)=O. The molecule has 1 heterocycles. The zero-order valence-corrected chi connectivity index (χ0v) is 9.31. The van der Waals surface area contributed by atoms with E-state index in [2.05, 4.69) is 16.5 Å². The van der Waals surface area contributed by atoms with Gasteiger partial charge in [0.25, 0.3) is 0 Å². The number of hydrogen-bond donors (Lipinski definition) is 1. The minimum atomic E-state index is -0.278. The predicted molar refractivity (Wildman–Crippen MR) is 62.9 cm³/mol. The maximum atomic E-state index is 10.8. The highest BCUT2D eigenvalue weighted by Crippen LogP contribution is 2.16. The Morgan fingerprint density at radius 3 is 2.88 bits per heavy atom. The van der Waals surface area contributed by atoms with Crippen LogP contribution in [0, 0.1) is 0 Å². The van der Waals surface area contributed by atoms with Crippen molar-refractivity contribution in [2.75, 3.05) is 0 Å². The minimum Gasteiger partial charge on any atom is -0.370 e. The van der Waals surface area contributed by atoms with Crippen LogP contribution in [0.3, 0.4) is 0 Å². The molecule has 0 unspecified atom stereocenters. The smallest absolute Gasteiger partial charge is 0.219 e. The van der Waals surface area contributed by atoms with Gasteiger partial charge in [-0.3, -0.25) is 4.79 Å². The first-order valence-electron chi connectivity index (χ1n) is 5.45. The van der Waals surface area contributed by atoms with Crippen molar-refractivity contribution in [3.05, 3.63) is 30.1 Å². The van der Waals surface area contributed by atoms with Crippen molar-refractivity contribution in [3.8, 4) is 0 Å². The quantitative estimate of drug-likeness (QED) is 0.843. The van der Waals surface area contributed by atoms with Crippen LogP contribution in [-0.2, 0) is 17.8 Å². The van der Waals surface area contributed by atoms with Crippen LogP contribution < -0.4 is 5.73 Å². The third-order valence-corrected chi connectivity index (χ3v) is 2.63. The molecule has 1 aromatic heterocycles. The van der Waals surface area contributed by atoms with Crippen LogP contribution in [0.2, 0.25) is 0 Å². The lowest BCUT2D eigenvalue weighted by Gasteiger charge is -2.05. The Kier molecular flexibility index (Phi) is 2.90. The summed E-state index contributed by atoms with van der Waals surface area (Å²) in [5.41, 5.74) is 7.22. The van der Waals surface area contributed by atoms with E-state index in [4.69, 9.17) is 5.73 Å². The van der Waals surface area contributed by atoms with E-state index in [0.29, 0.717) is 13.0 Å². The molecule has 2 N–H and O–H groups in total. The Morgan fingerprint density at radius 2 is 2.19 bits per heavy atom. The molecule has 0 radical (unpaired) electrons. The molecule has 4 heteroatoms. The molecule has 2 aromatic rings. The summed E-state index contributed by atoms with van der Waals surface area (Å²) in [7, 11) is 0. The van der Waals surface area contributed by atoms with Crippen LogP contribution in [-0.4, -0.2) is 15.5 Å². The summed E-state index contributed by atoms with van der Waals surface area (Å²) in [5.74, 6) is 0.724. The second-order valence-electron chi connectivity index (χ2n) is 3.74. The maximum absolute atomic E-state index is 10.8. The molecule has 16 heavy (non-hydrogen) atoms. The van der Waals surface area contributed by atoms with Gasteiger partial charge in [0.1, 0.15) is 5.82 Å². The van der Waals surface area contributed by atoms with Crippen molar-refractivity contribution in [2.45, 2.75) is 26.3 Å². The van der Waals surface area contributed by atoms with E-state index in [-0.39, 0.29) is 5.91 Å². The number of amides is 1. The molecule has 0 spiro atoms. The van der Waals surface area contributed by atoms with Crippen LogP contribution in [0.1, 0.15) is 19.2 Å². The number of fused-ring (bicyclic) bond motifs is 1. The van der Waals surface area contributed by atoms with E-state index >= 15 is 0 Å². The molecule has 1 amide bonds. The van der Waals surface area contributed by atoms with Gasteiger partial charge in [0.15, 0.2) is 0 Å². The Labute approximate surface area is 94.1 Å². The Balaban J connectivity index is 2.43. The normalized spacial score (nSPS) is 10.8. The molecule has 84 valence electrons. The zero-order chi connectivity index (χ0) is 11.5. The van der Waals surface area contributed by atoms with Gasteiger partial charge in [-0.15, -0.1) is 0 Å². The first kappa shape index (κ1) is 10.7. The molecule has 0 aliphatic rings. The summed E-state index contributed by atoms with van der Waals surface area (Å²) < 4.78 is 2.07. The molecule has 0 atom stereocenters. The number of aryl methyl sites for hydroxylation is 2. The molecule has 0 saturated carbocycles. The number of imidazole rings is 1. The molecular weight excluding hydrogens is 202 g/mol. The molecule has 2 rings (SSSR count). The molecule has 0 saturated heterocycles.